The normalized spacial score (nSPS) is 13.7. The van der Waals surface area contributed by atoms with Crippen LogP contribution in [0.15, 0.2) is 48.6 Å². The number of ether oxygens (including phenoxy) is 1. The van der Waals surface area contributed by atoms with E-state index in [1.54, 1.807) is 0 Å². The smallest absolute Gasteiger partial charge is 0.456 e. The number of phosphoric acid groups is 1. The lowest BCUT2D eigenvalue weighted by Gasteiger charge is -2.27. The molecule has 0 aliphatic carbocycles. The Morgan fingerprint density at radius 1 is 0.402 bits per heavy atom. The van der Waals surface area contributed by atoms with E-state index < -0.39 is 20.0 Å². The number of carbonyl (C=O) groups excluding carboxylic acids is 2. The van der Waals surface area contributed by atoms with Gasteiger partial charge in [-0.15, -0.1) is 0 Å². The minimum Gasteiger partial charge on any atom is -0.456 e. The zero-order valence-corrected chi connectivity index (χ0v) is 59.7. The number of carbonyl (C=O) groups is 2. The highest BCUT2D eigenvalue weighted by Crippen LogP contribution is 2.43. The number of hydrogen-bond donors (Lipinski definition) is 2. The molecule has 0 aromatic carbocycles. The highest BCUT2D eigenvalue weighted by molar-refractivity contribution is 7.47. The van der Waals surface area contributed by atoms with Gasteiger partial charge < -0.3 is 19.4 Å². The molecule has 3 atom stereocenters. The van der Waals surface area contributed by atoms with Gasteiger partial charge in [0.1, 0.15) is 19.3 Å². The van der Waals surface area contributed by atoms with Crippen LogP contribution < -0.4 is 5.32 Å². The Hall–Kier alpha value is -2.03. The van der Waals surface area contributed by atoms with Gasteiger partial charge in [-0.1, -0.05) is 346 Å². The first-order valence-electron chi connectivity index (χ1n) is 38.0. The molecule has 0 bridgehead atoms. The molecule has 9 nitrogen and oxygen atoms in total. The van der Waals surface area contributed by atoms with Crippen molar-refractivity contribution in [1.82, 2.24) is 5.32 Å². The van der Waals surface area contributed by atoms with E-state index in [4.69, 9.17) is 13.8 Å². The minimum absolute atomic E-state index is 0.0402. The van der Waals surface area contributed by atoms with Crippen LogP contribution in [-0.4, -0.2) is 74.3 Å². The van der Waals surface area contributed by atoms with Crippen molar-refractivity contribution in [1.29, 1.82) is 0 Å². The summed E-state index contributed by atoms with van der Waals surface area (Å²) in [4.78, 5) is 38.0. The molecule has 0 aromatic heterocycles. The molecule has 0 aliphatic heterocycles. The van der Waals surface area contributed by atoms with E-state index in [2.05, 4.69) is 68.6 Å². The molecule has 0 rings (SSSR count). The monoisotopic (exact) mass is 1240 g/mol. The molecule has 0 aromatic rings. The molecule has 512 valence electrons. The summed E-state index contributed by atoms with van der Waals surface area (Å²) in [5.41, 5.74) is 0. The number of esters is 1. The number of nitrogens with one attached hydrogen (secondary N) is 1. The third-order valence-corrected chi connectivity index (χ3v) is 18.3. The summed E-state index contributed by atoms with van der Waals surface area (Å²) in [6.07, 6.45) is 85.6. The Labute approximate surface area is 541 Å². The third-order valence-electron chi connectivity index (χ3n) is 17.3. The number of unbranched alkanes of at least 4 members (excludes halogenated alkanes) is 48. The molecule has 0 radical (unpaired) electrons. The van der Waals surface area contributed by atoms with E-state index in [0.717, 1.165) is 83.5 Å². The maximum Gasteiger partial charge on any atom is 0.472 e. The highest BCUT2D eigenvalue weighted by atomic mass is 31.2. The fourth-order valence-corrected chi connectivity index (χ4v) is 12.2. The second-order valence-corrected chi connectivity index (χ2v) is 28.6. The molecular weight excluding hydrogens is 1100 g/mol. The summed E-state index contributed by atoms with van der Waals surface area (Å²) in [5, 5.41) is 3.08. The van der Waals surface area contributed by atoms with Gasteiger partial charge in [0, 0.05) is 12.8 Å². The van der Waals surface area contributed by atoms with E-state index >= 15 is 0 Å². The largest absolute Gasteiger partial charge is 0.472 e. The number of quaternary nitrogens is 1. The molecule has 0 spiro atoms. The number of hydrogen-bond acceptors (Lipinski definition) is 6. The predicted molar refractivity (Wildman–Crippen MR) is 379 cm³/mol. The number of allylic oxidation sites excluding steroid dienone is 7. The van der Waals surface area contributed by atoms with Gasteiger partial charge >= 0.3 is 13.8 Å². The summed E-state index contributed by atoms with van der Waals surface area (Å²) >= 11 is 0. The number of rotatable bonds is 70. The van der Waals surface area contributed by atoms with Crippen LogP contribution >= 0.6 is 7.82 Å². The van der Waals surface area contributed by atoms with Crippen molar-refractivity contribution < 1.29 is 37.3 Å². The Bertz CT molecular complexity index is 1620. The SMILES string of the molecule is CCCCC/C=C\C/C=C\C/C=C\CCCCCCCCCCC(=O)NC(COP(=O)(O)OCC[N+](C)(C)C)C(/C=C\CCCCCCCCCCCCC)OC(=O)CCCCCCCCCCCCCCCCCCCCCCCCCCCCC. The van der Waals surface area contributed by atoms with Crippen LogP contribution in [0.25, 0.3) is 0 Å². The van der Waals surface area contributed by atoms with Gasteiger partial charge in [-0.05, 0) is 70.3 Å². The van der Waals surface area contributed by atoms with E-state index in [9.17, 15) is 19.0 Å². The number of amides is 1. The van der Waals surface area contributed by atoms with Crippen molar-refractivity contribution in [2.24, 2.45) is 0 Å². The lowest BCUT2D eigenvalue weighted by atomic mass is 10.0. The zero-order valence-electron chi connectivity index (χ0n) is 58.8. The number of phosphoric ester groups is 1. The van der Waals surface area contributed by atoms with Gasteiger partial charge in [0.05, 0.1) is 33.8 Å². The van der Waals surface area contributed by atoms with Crippen LogP contribution in [0.2, 0.25) is 0 Å². The predicted octanol–water partition coefficient (Wildman–Crippen LogP) is 24.4. The Balaban J connectivity index is 5.00. The van der Waals surface area contributed by atoms with Gasteiger partial charge in [-0.25, -0.2) is 4.57 Å². The number of likely N-dealkylation sites (N-methyl/N-ethyl adjacent to an activating group) is 1. The van der Waals surface area contributed by atoms with Crippen LogP contribution in [0.3, 0.4) is 0 Å². The fraction of sp³-hybridized carbons (Fsp3) is 0.870. The van der Waals surface area contributed by atoms with Crippen molar-refractivity contribution in [2.75, 3.05) is 40.9 Å². The van der Waals surface area contributed by atoms with Crippen molar-refractivity contribution >= 4 is 19.7 Å². The van der Waals surface area contributed by atoms with Gasteiger partial charge in [-0.2, -0.15) is 0 Å². The van der Waals surface area contributed by atoms with E-state index in [-0.39, 0.29) is 25.1 Å². The molecule has 0 fully saturated rings. The summed E-state index contributed by atoms with van der Waals surface area (Å²) < 4.78 is 30.9. The van der Waals surface area contributed by atoms with Gasteiger partial charge in [0.15, 0.2) is 0 Å². The van der Waals surface area contributed by atoms with Crippen LogP contribution in [0.4, 0.5) is 0 Å². The van der Waals surface area contributed by atoms with Crippen LogP contribution in [0.5, 0.6) is 0 Å². The van der Waals surface area contributed by atoms with E-state index in [0.29, 0.717) is 23.9 Å². The first kappa shape index (κ1) is 85.0. The summed E-state index contributed by atoms with van der Waals surface area (Å²) in [5.74, 6) is -0.494. The zero-order chi connectivity index (χ0) is 63.5. The minimum atomic E-state index is -4.46. The van der Waals surface area contributed by atoms with Crippen molar-refractivity contribution in [3.63, 3.8) is 0 Å². The fourth-order valence-electron chi connectivity index (χ4n) is 11.4. The van der Waals surface area contributed by atoms with Crippen molar-refractivity contribution in [3.8, 4) is 0 Å². The molecule has 0 heterocycles. The third kappa shape index (κ3) is 68.2. The van der Waals surface area contributed by atoms with Gasteiger partial charge in [-0.3, -0.25) is 18.6 Å². The molecule has 87 heavy (non-hydrogen) atoms. The van der Waals surface area contributed by atoms with Crippen LogP contribution in [0, 0.1) is 0 Å². The van der Waals surface area contributed by atoms with Gasteiger partial charge in [0.25, 0.3) is 0 Å². The average molecular weight is 1250 g/mol. The van der Waals surface area contributed by atoms with E-state index in [1.165, 1.54) is 263 Å². The Morgan fingerprint density at radius 3 is 1.07 bits per heavy atom. The standard InChI is InChI=1S/C77H147N2O7P/c1-7-10-13-16-19-22-25-28-30-32-34-36-37-38-39-40-41-43-45-47-49-52-55-58-61-64-67-70-77(81)86-75(68-65-62-59-56-53-50-27-24-21-18-15-12-9-3)74(73-85-87(82,83)84-72-71-79(4,5)6)78-76(80)69-66-63-60-57-54-51-48-46-44-42-35-33-31-29-26-23-20-17-14-11-8-2/h20,23,29,31,35,42,65,68,74-75H,7-19,21-22,24-28,30,32-34,36-41,43-64,66-67,69-73H2,1-6H3,(H-,78,80,82,83)/p+1/b23-20-,31-29-,42-35-,68-65-. The second kappa shape index (κ2) is 66.9. The molecule has 0 aliphatic rings. The lowest BCUT2D eigenvalue weighted by molar-refractivity contribution is -0.870. The quantitative estimate of drug-likeness (QED) is 0.0205. The summed E-state index contributed by atoms with van der Waals surface area (Å²) in [6, 6.07) is -0.852. The lowest BCUT2D eigenvalue weighted by Crippen LogP contribution is -2.47. The van der Waals surface area contributed by atoms with Crippen molar-refractivity contribution in [2.45, 2.75) is 392 Å². The summed E-state index contributed by atoms with van der Waals surface area (Å²) in [7, 11) is 1.51. The first-order chi connectivity index (χ1) is 42.4. The number of nitrogens with zero attached hydrogens (tertiary/aromatic N) is 1. The molecule has 0 saturated heterocycles. The maximum atomic E-state index is 13.6. The second-order valence-electron chi connectivity index (χ2n) is 27.2. The summed E-state index contributed by atoms with van der Waals surface area (Å²) in [6.45, 7) is 7.05. The topological polar surface area (TPSA) is 111 Å². The van der Waals surface area contributed by atoms with Crippen LogP contribution in [-0.2, 0) is 27.9 Å². The highest BCUT2D eigenvalue weighted by Gasteiger charge is 2.30. The maximum absolute atomic E-state index is 13.6. The van der Waals surface area contributed by atoms with Crippen molar-refractivity contribution in [3.05, 3.63) is 48.6 Å². The molecule has 3 unspecified atom stereocenters. The van der Waals surface area contributed by atoms with E-state index in [1.807, 2.05) is 27.2 Å². The molecule has 10 heteroatoms. The average Bonchev–Trinajstić information content (AvgIpc) is 3.69. The Morgan fingerprint density at radius 2 is 0.701 bits per heavy atom. The molecule has 0 saturated carbocycles. The van der Waals surface area contributed by atoms with Gasteiger partial charge in [0.2, 0.25) is 5.91 Å². The molecular formula is C77H148N2O7P+. The molecule has 2 N–H and O–H groups in total. The molecule has 1 amide bonds. The van der Waals surface area contributed by atoms with Crippen LogP contribution in [0.1, 0.15) is 380 Å². The first-order valence-corrected chi connectivity index (χ1v) is 39.5. The Kier molecular flexibility index (Phi) is 65.3.